The van der Waals surface area contributed by atoms with Gasteiger partial charge in [-0.2, -0.15) is 0 Å². The van der Waals surface area contributed by atoms with Crippen molar-refractivity contribution in [2.75, 3.05) is 33.0 Å². The number of nitrogens with two attached hydrogens (primary N) is 1. The highest BCUT2D eigenvalue weighted by atomic mass is 16.5. The van der Waals surface area contributed by atoms with E-state index in [4.69, 9.17) is 10.5 Å². The fourth-order valence-electron chi connectivity index (χ4n) is 1.22. The van der Waals surface area contributed by atoms with Gasteiger partial charge in [-0.1, -0.05) is 0 Å². The SMILES string of the molecule is CN(C)CCCCOc1cnccc1N. The van der Waals surface area contributed by atoms with E-state index in [0.29, 0.717) is 18.0 Å². The summed E-state index contributed by atoms with van der Waals surface area (Å²) in [6.45, 7) is 1.79. The van der Waals surface area contributed by atoms with Gasteiger partial charge in [-0.15, -0.1) is 0 Å². The molecule has 0 atom stereocenters. The fraction of sp³-hybridized carbons (Fsp3) is 0.545. The van der Waals surface area contributed by atoms with Crippen molar-refractivity contribution in [3.8, 4) is 5.75 Å². The van der Waals surface area contributed by atoms with Gasteiger partial charge >= 0.3 is 0 Å². The molecule has 0 radical (unpaired) electrons. The van der Waals surface area contributed by atoms with Gasteiger partial charge in [0.15, 0.2) is 5.75 Å². The lowest BCUT2D eigenvalue weighted by molar-refractivity contribution is 0.293. The highest BCUT2D eigenvalue weighted by Crippen LogP contribution is 2.18. The number of nitrogen functional groups attached to an aromatic ring is 1. The van der Waals surface area contributed by atoms with E-state index in [0.717, 1.165) is 19.4 Å². The number of pyridine rings is 1. The van der Waals surface area contributed by atoms with Gasteiger partial charge in [-0.05, 0) is 39.5 Å². The minimum Gasteiger partial charge on any atom is -0.490 e. The molecule has 4 nitrogen and oxygen atoms in total. The standard InChI is InChI=1S/C11H19N3O/c1-14(2)7-3-4-8-15-11-9-13-6-5-10(11)12/h5-6,9H,3-4,7-8H2,1-2H3,(H2,12,13). The van der Waals surface area contributed by atoms with Crippen LogP contribution in [0.5, 0.6) is 5.75 Å². The number of aromatic nitrogens is 1. The van der Waals surface area contributed by atoms with E-state index < -0.39 is 0 Å². The second-order valence-corrected chi connectivity index (χ2v) is 3.77. The predicted octanol–water partition coefficient (Wildman–Crippen LogP) is 1.38. The third-order valence-corrected chi connectivity index (χ3v) is 2.07. The van der Waals surface area contributed by atoms with Crippen molar-refractivity contribution in [2.45, 2.75) is 12.8 Å². The summed E-state index contributed by atoms with van der Waals surface area (Å²) in [5.74, 6) is 0.683. The smallest absolute Gasteiger partial charge is 0.160 e. The van der Waals surface area contributed by atoms with Gasteiger partial charge < -0.3 is 15.4 Å². The molecular weight excluding hydrogens is 190 g/mol. The molecule has 0 amide bonds. The van der Waals surface area contributed by atoms with Crippen molar-refractivity contribution in [1.82, 2.24) is 9.88 Å². The molecule has 0 aliphatic carbocycles. The van der Waals surface area contributed by atoms with Crippen molar-refractivity contribution in [2.24, 2.45) is 0 Å². The maximum atomic E-state index is 5.71. The van der Waals surface area contributed by atoms with Crippen LogP contribution in [0.15, 0.2) is 18.5 Å². The van der Waals surface area contributed by atoms with Gasteiger partial charge in [-0.3, -0.25) is 4.98 Å². The predicted molar refractivity (Wildman–Crippen MR) is 61.9 cm³/mol. The van der Waals surface area contributed by atoms with Crippen molar-refractivity contribution >= 4 is 5.69 Å². The zero-order valence-electron chi connectivity index (χ0n) is 9.44. The second kappa shape index (κ2) is 6.24. The molecular formula is C11H19N3O. The largest absolute Gasteiger partial charge is 0.490 e. The summed E-state index contributed by atoms with van der Waals surface area (Å²) >= 11 is 0. The number of anilines is 1. The van der Waals surface area contributed by atoms with E-state index in [9.17, 15) is 0 Å². The zero-order chi connectivity index (χ0) is 11.1. The molecule has 0 spiro atoms. The van der Waals surface area contributed by atoms with Crippen LogP contribution in [0.3, 0.4) is 0 Å². The molecule has 0 aliphatic heterocycles. The first-order chi connectivity index (χ1) is 7.20. The van der Waals surface area contributed by atoms with E-state index >= 15 is 0 Å². The lowest BCUT2D eigenvalue weighted by atomic mass is 10.3. The molecule has 0 fully saturated rings. The lowest BCUT2D eigenvalue weighted by Crippen LogP contribution is -2.13. The molecule has 0 bridgehead atoms. The van der Waals surface area contributed by atoms with Gasteiger partial charge in [0.25, 0.3) is 0 Å². The Balaban J connectivity index is 2.18. The van der Waals surface area contributed by atoms with Crippen LogP contribution < -0.4 is 10.5 Å². The van der Waals surface area contributed by atoms with E-state index in [1.54, 1.807) is 18.5 Å². The summed E-state index contributed by atoms with van der Waals surface area (Å²) in [6.07, 6.45) is 5.48. The number of ether oxygens (including phenoxy) is 1. The van der Waals surface area contributed by atoms with Crippen LogP contribution in [0, 0.1) is 0 Å². The molecule has 0 saturated carbocycles. The van der Waals surface area contributed by atoms with Gasteiger partial charge in [0.1, 0.15) is 0 Å². The summed E-state index contributed by atoms with van der Waals surface area (Å²) in [4.78, 5) is 6.12. The molecule has 2 N–H and O–H groups in total. The van der Waals surface area contributed by atoms with Gasteiger partial charge in [-0.25, -0.2) is 0 Å². The molecule has 1 heterocycles. The summed E-state index contributed by atoms with van der Waals surface area (Å²) in [5, 5.41) is 0. The number of unbranched alkanes of at least 4 members (excludes halogenated alkanes) is 1. The number of hydrogen-bond acceptors (Lipinski definition) is 4. The molecule has 0 unspecified atom stereocenters. The van der Waals surface area contributed by atoms with Crippen molar-refractivity contribution < 1.29 is 4.74 Å². The monoisotopic (exact) mass is 209 g/mol. The Bertz CT molecular complexity index is 289. The molecule has 0 aliphatic rings. The first kappa shape index (κ1) is 11.8. The van der Waals surface area contributed by atoms with E-state index in [1.807, 2.05) is 0 Å². The fourth-order valence-corrected chi connectivity index (χ4v) is 1.22. The molecule has 84 valence electrons. The minimum absolute atomic E-state index is 0.651. The van der Waals surface area contributed by atoms with Crippen LogP contribution in [-0.2, 0) is 0 Å². The Morgan fingerprint density at radius 3 is 2.87 bits per heavy atom. The Morgan fingerprint density at radius 2 is 2.20 bits per heavy atom. The van der Waals surface area contributed by atoms with Crippen LogP contribution in [0.2, 0.25) is 0 Å². The van der Waals surface area contributed by atoms with E-state index in [2.05, 4.69) is 24.0 Å². The third kappa shape index (κ3) is 4.65. The van der Waals surface area contributed by atoms with Crippen LogP contribution in [-0.4, -0.2) is 37.1 Å². The molecule has 1 aromatic heterocycles. The van der Waals surface area contributed by atoms with Gasteiger partial charge in [0, 0.05) is 6.20 Å². The molecule has 1 rings (SSSR count). The second-order valence-electron chi connectivity index (χ2n) is 3.77. The van der Waals surface area contributed by atoms with E-state index in [1.165, 1.54) is 0 Å². The average molecular weight is 209 g/mol. The maximum absolute atomic E-state index is 5.71. The Kier molecular flexibility index (Phi) is 4.90. The quantitative estimate of drug-likeness (QED) is 0.719. The molecule has 0 aromatic carbocycles. The van der Waals surface area contributed by atoms with Crippen molar-refractivity contribution in [1.29, 1.82) is 0 Å². The topological polar surface area (TPSA) is 51.4 Å². The Morgan fingerprint density at radius 1 is 1.40 bits per heavy atom. The van der Waals surface area contributed by atoms with Gasteiger partial charge in [0.2, 0.25) is 0 Å². The summed E-state index contributed by atoms with van der Waals surface area (Å²) in [6, 6.07) is 1.75. The Hall–Kier alpha value is -1.29. The summed E-state index contributed by atoms with van der Waals surface area (Å²) < 4.78 is 5.51. The average Bonchev–Trinajstić information content (AvgIpc) is 2.20. The number of hydrogen-bond donors (Lipinski definition) is 1. The molecule has 15 heavy (non-hydrogen) atoms. The van der Waals surface area contributed by atoms with Crippen LogP contribution in [0.4, 0.5) is 5.69 Å². The summed E-state index contributed by atoms with van der Waals surface area (Å²) in [5.41, 5.74) is 6.36. The third-order valence-electron chi connectivity index (χ3n) is 2.07. The molecule has 0 saturated heterocycles. The first-order valence-electron chi connectivity index (χ1n) is 5.17. The zero-order valence-corrected chi connectivity index (χ0v) is 9.44. The molecule has 1 aromatic rings. The number of rotatable bonds is 6. The minimum atomic E-state index is 0.651. The van der Waals surface area contributed by atoms with Gasteiger partial charge in [0.05, 0.1) is 18.5 Å². The Labute approximate surface area is 91.1 Å². The normalized spacial score (nSPS) is 10.6. The van der Waals surface area contributed by atoms with Crippen molar-refractivity contribution in [3.05, 3.63) is 18.5 Å². The highest BCUT2D eigenvalue weighted by Gasteiger charge is 1.98. The highest BCUT2D eigenvalue weighted by molar-refractivity contribution is 5.49. The lowest BCUT2D eigenvalue weighted by Gasteiger charge is -2.10. The molecule has 4 heteroatoms. The van der Waals surface area contributed by atoms with Crippen LogP contribution in [0.25, 0.3) is 0 Å². The van der Waals surface area contributed by atoms with Crippen LogP contribution >= 0.6 is 0 Å². The van der Waals surface area contributed by atoms with E-state index in [-0.39, 0.29) is 0 Å². The first-order valence-corrected chi connectivity index (χ1v) is 5.17. The maximum Gasteiger partial charge on any atom is 0.160 e. The van der Waals surface area contributed by atoms with Crippen LogP contribution in [0.1, 0.15) is 12.8 Å². The number of nitrogens with zero attached hydrogens (tertiary/aromatic N) is 2. The summed E-state index contributed by atoms with van der Waals surface area (Å²) in [7, 11) is 4.14. The van der Waals surface area contributed by atoms with Crippen molar-refractivity contribution in [3.63, 3.8) is 0 Å².